The summed E-state index contributed by atoms with van der Waals surface area (Å²) in [5.41, 5.74) is 1.48. The molecule has 0 saturated heterocycles. The Bertz CT molecular complexity index is 920. The molecule has 0 amide bonds. The van der Waals surface area contributed by atoms with Gasteiger partial charge in [-0.05, 0) is 65.9 Å². The van der Waals surface area contributed by atoms with Gasteiger partial charge in [0.2, 0.25) is 0 Å². The number of pyridine rings is 1. The van der Waals surface area contributed by atoms with E-state index in [1.165, 1.54) is 0 Å². The number of hydrogen-bond acceptors (Lipinski definition) is 4. The van der Waals surface area contributed by atoms with Gasteiger partial charge in [-0.25, -0.2) is 9.78 Å². The second kappa shape index (κ2) is 7.09. The summed E-state index contributed by atoms with van der Waals surface area (Å²) >= 11 is 2.18. The summed E-state index contributed by atoms with van der Waals surface area (Å²) in [5, 5.41) is 0.805. The standard InChI is InChI=1S/C19H14INO3/c1-2-24-19(23)17-15(11-13-5-3-4-6-16(13)21-17)18(22)12-7-9-14(20)10-8-12/h3-11H,2H2,1H3. The molecule has 4 nitrogen and oxygen atoms in total. The molecule has 0 fully saturated rings. The summed E-state index contributed by atoms with van der Waals surface area (Å²) in [6.45, 7) is 1.95. The first-order valence-electron chi connectivity index (χ1n) is 7.47. The number of esters is 1. The third kappa shape index (κ3) is 3.31. The highest BCUT2D eigenvalue weighted by atomic mass is 127. The molecule has 0 aliphatic heterocycles. The van der Waals surface area contributed by atoms with Gasteiger partial charge in [-0.15, -0.1) is 0 Å². The Hall–Kier alpha value is -2.28. The summed E-state index contributed by atoms with van der Waals surface area (Å²) in [7, 11) is 0. The summed E-state index contributed by atoms with van der Waals surface area (Å²) in [4.78, 5) is 29.5. The molecular formula is C19H14INO3. The molecule has 0 aliphatic carbocycles. The maximum absolute atomic E-state index is 12.9. The molecule has 0 spiro atoms. The van der Waals surface area contributed by atoms with Crippen LogP contribution in [0.5, 0.6) is 0 Å². The van der Waals surface area contributed by atoms with Gasteiger partial charge in [0.15, 0.2) is 11.5 Å². The fourth-order valence-corrected chi connectivity index (χ4v) is 2.76. The number of benzene rings is 2. The molecule has 0 atom stereocenters. The Balaban J connectivity index is 2.16. The number of aromatic nitrogens is 1. The molecule has 0 unspecified atom stereocenters. The van der Waals surface area contributed by atoms with Crippen molar-refractivity contribution < 1.29 is 14.3 Å². The van der Waals surface area contributed by atoms with Crippen LogP contribution < -0.4 is 0 Å². The molecule has 24 heavy (non-hydrogen) atoms. The lowest BCUT2D eigenvalue weighted by Crippen LogP contribution is -2.15. The minimum Gasteiger partial charge on any atom is -0.461 e. The number of ether oxygens (including phenoxy) is 1. The van der Waals surface area contributed by atoms with Crippen molar-refractivity contribution in [1.29, 1.82) is 0 Å². The van der Waals surface area contributed by atoms with Crippen molar-refractivity contribution in [3.8, 4) is 0 Å². The van der Waals surface area contributed by atoms with Crippen molar-refractivity contribution in [2.45, 2.75) is 6.92 Å². The minimum absolute atomic E-state index is 0.0547. The Labute approximate surface area is 153 Å². The maximum atomic E-state index is 12.9. The fraction of sp³-hybridized carbons (Fsp3) is 0.105. The van der Waals surface area contributed by atoms with Crippen LogP contribution in [-0.2, 0) is 4.74 Å². The van der Waals surface area contributed by atoms with E-state index in [0.717, 1.165) is 8.96 Å². The first kappa shape index (κ1) is 16.6. The topological polar surface area (TPSA) is 56.3 Å². The molecule has 0 saturated carbocycles. The lowest BCUT2D eigenvalue weighted by Gasteiger charge is -2.09. The second-order valence-electron chi connectivity index (χ2n) is 5.13. The zero-order valence-corrected chi connectivity index (χ0v) is 15.1. The molecule has 0 bridgehead atoms. The number of ketones is 1. The van der Waals surface area contributed by atoms with E-state index in [2.05, 4.69) is 27.6 Å². The van der Waals surface area contributed by atoms with Crippen molar-refractivity contribution >= 4 is 45.2 Å². The van der Waals surface area contributed by atoms with E-state index >= 15 is 0 Å². The van der Waals surface area contributed by atoms with E-state index in [1.54, 1.807) is 31.2 Å². The van der Waals surface area contributed by atoms with Crippen LogP contribution in [0.1, 0.15) is 33.3 Å². The van der Waals surface area contributed by atoms with Crippen molar-refractivity contribution in [3.63, 3.8) is 0 Å². The Kier molecular flexibility index (Phi) is 4.89. The zero-order chi connectivity index (χ0) is 17.1. The van der Waals surface area contributed by atoms with Gasteiger partial charge in [0.05, 0.1) is 17.7 Å². The third-order valence-electron chi connectivity index (χ3n) is 3.54. The van der Waals surface area contributed by atoms with Gasteiger partial charge in [0.25, 0.3) is 0 Å². The number of nitrogens with zero attached hydrogens (tertiary/aromatic N) is 1. The van der Waals surface area contributed by atoms with E-state index in [9.17, 15) is 9.59 Å². The Morgan fingerprint density at radius 2 is 1.79 bits per heavy atom. The van der Waals surface area contributed by atoms with Gasteiger partial charge < -0.3 is 4.74 Å². The number of halogens is 1. The van der Waals surface area contributed by atoms with E-state index in [0.29, 0.717) is 11.1 Å². The normalized spacial score (nSPS) is 10.6. The third-order valence-corrected chi connectivity index (χ3v) is 4.26. The average molecular weight is 431 g/mol. The van der Waals surface area contributed by atoms with Crippen LogP contribution in [0, 0.1) is 3.57 Å². The van der Waals surface area contributed by atoms with Crippen LogP contribution in [0.2, 0.25) is 0 Å². The monoisotopic (exact) mass is 431 g/mol. The molecule has 1 aromatic heterocycles. The summed E-state index contributed by atoms with van der Waals surface area (Å²) < 4.78 is 6.10. The zero-order valence-electron chi connectivity index (χ0n) is 13.0. The first-order valence-corrected chi connectivity index (χ1v) is 8.55. The minimum atomic E-state index is -0.586. The first-order chi connectivity index (χ1) is 11.6. The molecule has 0 radical (unpaired) electrons. The number of carbonyl (C=O) groups is 2. The van der Waals surface area contributed by atoms with Crippen LogP contribution in [-0.4, -0.2) is 23.3 Å². The van der Waals surface area contributed by atoms with Gasteiger partial charge in [-0.2, -0.15) is 0 Å². The predicted octanol–water partition coefficient (Wildman–Crippen LogP) is 4.25. The number of fused-ring (bicyclic) bond motifs is 1. The number of rotatable bonds is 4. The Morgan fingerprint density at radius 1 is 1.08 bits per heavy atom. The molecule has 120 valence electrons. The molecule has 2 aromatic carbocycles. The Morgan fingerprint density at radius 3 is 2.50 bits per heavy atom. The summed E-state index contributed by atoms with van der Waals surface area (Å²) in [6.07, 6.45) is 0. The lowest BCUT2D eigenvalue weighted by molar-refractivity contribution is 0.0517. The van der Waals surface area contributed by atoms with Crippen molar-refractivity contribution in [3.05, 3.63) is 75.0 Å². The highest BCUT2D eigenvalue weighted by Crippen LogP contribution is 2.21. The quantitative estimate of drug-likeness (QED) is 0.352. The van der Waals surface area contributed by atoms with Crippen LogP contribution in [0.15, 0.2) is 54.6 Å². The number of para-hydroxylation sites is 1. The van der Waals surface area contributed by atoms with Crippen molar-refractivity contribution in [1.82, 2.24) is 4.98 Å². The molecule has 1 heterocycles. The van der Waals surface area contributed by atoms with Crippen molar-refractivity contribution in [2.24, 2.45) is 0 Å². The van der Waals surface area contributed by atoms with Crippen LogP contribution in [0.25, 0.3) is 10.9 Å². The summed E-state index contributed by atoms with van der Waals surface area (Å²) in [5.74, 6) is -0.829. The van der Waals surface area contributed by atoms with Gasteiger partial charge in [-0.3, -0.25) is 4.79 Å². The van der Waals surface area contributed by atoms with Crippen LogP contribution >= 0.6 is 22.6 Å². The van der Waals surface area contributed by atoms with E-state index in [-0.39, 0.29) is 23.6 Å². The molecule has 5 heteroatoms. The lowest BCUT2D eigenvalue weighted by atomic mass is 10.00. The average Bonchev–Trinajstić information content (AvgIpc) is 2.61. The van der Waals surface area contributed by atoms with Gasteiger partial charge in [0, 0.05) is 14.5 Å². The maximum Gasteiger partial charge on any atom is 0.357 e. The van der Waals surface area contributed by atoms with E-state index in [1.807, 2.05) is 30.3 Å². The second-order valence-corrected chi connectivity index (χ2v) is 6.38. The van der Waals surface area contributed by atoms with E-state index in [4.69, 9.17) is 4.74 Å². The van der Waals surface area contributed by atoms with Crippen LogP contribution in [0.3, 0.4) is 0 Å². The number of hydrogen-bond donors (Lipinski definition) is 0. The van der Waals surface area contributed by atoms with Gasteiger partial charge in [0.1, 0.15) is 0 Å². The number of carbonyl (C=O) groups excluding carboxylic acids is 2. The SMILES string of the molecule is CCOC(=O)c1nc2ccccc2cc1C(=O)c1ccc(I)cc1. The largest absolute Gasteiger partial charge is 0.461 e. The van der Waals surface area contributed by atoms with E-state index < -0.39 is 5.97 Å². The molecule has 0 N–H and O–H groups in total. The summed E-state index contributed by atoms with van der Waals surface area (Å²) in [6, 6.07) is 16.3. The van der Waals surface area contributed by atoms with Crippen molar-refractivity contribution in [2.75, 3.05) is 6.61 Å². The molecule has 3 rings (SSSR count). The molecular weight excluding hydrogens is 417 g/mol. The molecule has 0 aliphatic rings. The smallest absolute Gasteiger partial charge is 0.357 e. The fourth-order valence-electron chi connectivity index (χ4n) is 2.40. The predicted molar refractivity (Wildman–Crippen MR) is 100 cm³/mol. The molecule has 3 aromatic rings. The van der Waals surface area contributed by atoms with Crippen LogP contribution in [0.4, 0.5) is 0 Å². The van der Waals surface area contributed by atoms with Gasteiger partial charge >= 0.3 is 5.97 Å². The van der Waals surface area contributed by atoms with Gasteiger partial charge in [-0.1, -0.05) is 18.2 Å². The highest BCUT2D eigenvalue weighted by molar-refractivity contribution is 14.1. The highest BCUT2D eigenvalue weighted by Gasteiger charge is 2.22.